The van der Waals surface area contributed by atoms with Gasteiger partial charge in [0.1, 0.15) is 11.5 Å². The van der Waals surface area contributed by atoms with E-state index in [1.165, 1.54) is 6.92 Å². The molecule has 0 saturated carbocycles. The van der Waals surface area contributed by atoms with Gasteiger partial charge < -0.3 is 11.1 Å². The molecule has 1 heterocycles. The first kappa shape index (κ1) is 9.99. The highest BCUT2D eigenvalue weighted by molar-refractivity contribution is 5.73. The van der Waals surface area contributed by atoms with E-state index < -0.39 is 0 Å². The standard InChI is InChI=1S/C9H10N4O/c1-7(14)11-6-2-3-8-4-5-9(10)13-12-8/h4-5H,6H2,1H3,(H2,10,13)(H,11,14). The second kappa shape index (κ2) is 4.82. The first-order valence-corrected chi connectivity index (χ1v) is 4.01. The summed E-state index contributed by atoms with van der Waals surface area (Å²) in [4.78, 5) is 10.5. The van der Waals surface area contributed by atoms with Crippen LogP contribution in [0.3, 0.4) is 0 Å². The van der Waals surface area contributed by atoms with Crippen LogP contribution < -0.4 is 11.1 Å². The molecule has 0 unspecified atom stereocenters. The van der Waals surface area contributed by atoms with Crippen molar-refractivity contribution in [3.05, 3.63) is 17.8 Å². The van der Waals surface area contributed by atoms with Gasteiger partial charge in [0.25, 0.3) is 0 Å². The largest absolute Gasteiger partial charge is 0.382 e. The van der Waals surface area contributed by atoms with Crippen LogP contribution in [0.25, 0.3) is 0 Å². The summed E-state index contributed by atoms with van der Waals surface area (Å²) < 4.78 is 0. The highest BCUT2D eigenvalue weighted by Gasteiger charge is 1.89. The smallest absolute Gasteiger partial charge is 0.217 e. The Balaban J connectivity index is 2.51. The van der Waals surface area contributed by atoms with Crippen LogP contribution >= 0.6 is 0 Å². The summed E-state index contributed by atoms with van der Waals surface area (Å²) >= 11 is 0. The number of rotatable bonds is 1. The number of anilines is 1. The lowest BCUT2D eigenvalue weighted by molar-refractivity contribution is -0.118. The fraction of sp³-hybridized carbons (Fsp3) is 0.222. The average molecular weight is 190 g/mol. The topological polar surface area (TPSA) is 80.9 Å². The van der Waals surface area contributed by atoms with E-state index in [1.54, 1.807) is 12.1 Å². The van der Waals surface area contributed by atoms with Gasteiger partial charge in [-0.1, -0.05) is 5.92 Å². The highest BCUT2D eigenvalue weighted by atomic mass is 16.1. The third-order valence-electron chi connectivity index (χ3n) is 1.33. The molecule has 5 nitrogen and oxygen atoms in total. The van der Waals surface area contributed by atoms with E-state index in [1.807, 2.05) is 0 Å². The summed E-state index contributed by atoms with van der Waals surface area (Å²) in [6.07, 6.45) is 0. The Kier molecular flexibility index (Phi) is 3.44. The number of amides is 1. The van der Waals surface area contributed by atoms with Crippen molar-refractivity contribution in [1.82, 2.24) is 15.5 Å². The number of nitrogens with zero attached hydrogens (tertiary/aromatic N) is 2. The molecule has 0 aliphatic heterocycles. The Labute approximate surface area is 81.7 Å². The van der Waals surface area contributed by atoms with Crippen LogP contribution in [0.15, 0.2) is 12.1 Å². The molecule has 0 radical (unpaired) electrons. The Morgan fingerprint density at radius 3 is 2.93 bits per heavy atom. The number of nitrogen functional groups attached to an aromatic ring is 1. The molecule has 0 atom stereocenters. The summed E-state index contributed by atoms with van der Waals surface area (Å²) in [6, 6.07) is 3.29. The van der Waals surface area contributed by atoms with Gasteiger partial charge in [0.15, 0.2) is 0 Å². The minimum Gasteiger partial charge on any atom is -0.382 e. The van der Waals surface area contributed by atoms with Gasteiger partial charge in [-0.15, -0.1) is 10.2 Å². The van der Waals surface area contributed by atoms with Gasteiger partial charge in [0.05, 0.1) is 6.54 Å². The number of hydrogen-bond donors (Lipinski definition) is 2. The number of hydrogen-bond acceptors (Lipinski definition) is 4. The Hall–Kier alpha value is -2.09. The molecular weight excluding hydrogens is 180 g/mol. The normalized spacial score (nSPS) is 8.64. The SMILES string of the molecule is CC(=O)NCC#Cc1ccc(N)nn1. The number of carbonyl (C=O) groups excluding carboxylic acids is 1. The first-order chi connectivity index (χ1) is 6.68. The summed E-state index contributed by atoms with van der Waals surface area (Å²) in [7, 11) is 0. The summed E-state index contributed by atoms with van der Waals surface area (Å²) in [5.74, 6) is 5.71. The lowest BCUT2D eigenvalue weighted by Crippen LogP contribution is -2.19. The van der Waals surface area contributed by atoms with Gasteiger partial charge in [-0.05, 0) is 18.1 Å². The summed E-state index contributed by atoms with van der Waals surface area (Å²) in [5, 5.41) is 9.91. The predicted octanol–water partition coefficient (Wildman–Crippen LogP) is -0.454. The molecule has 14 heavy (non-hydrogen) atoms. The maximum absolute atomic E-state index is 10.5. The fourth-order valence-corrected chi connectivity index (χ4v) is 0.713. The molecule has 0 bridgehead atoms. The van der Waals surface area contributed by atoms with Crippen molar-refractivity contribution in [2.75, 3.05) is 12.3 Å². The molecule has 5 heteroatoms. The molecule has 1 amide bonds. The summed E-state index contributed by atoms with van der Waals surface area (Å²) in [5.41, 5.74) is 5.87. The van der Waals surface area contributed by atoms with Crippen molar-refractivity contribution in [3.8, 4) is 11.8 Å². The van der Waals surface area contributed by atoms with Gasteiger partial charge in [-0.25, -0.2) is 0 Å². The maximum atomic E-state index is 10.5. The molecule has 0 aromatic carbocycles. The minimum atomic E-state index is -0.109. The highest BCUT2D eigenvalue weighted by Crippen LogP contribution is 1.94. The van der Waals surface area contributed by atoms with Crippen molar-refractivity contribution in [3.63, 3.8) is 0 Å². The molecule has 1 aromatic rings. The molecular formula is C9H10N4O. The quantitative estimate of drug-likeness (QED) is 0.587. The summed E-state index contributed by atoms with van der Waals surface area (Å²) in [6.45, 7) is 1.74. The maximum Gasteiger partial charge on any atom is 0.217 e. The van der Waals surface area contributed by atoms with Crippen LogP contribution in [0.1, 0.15) is 12.6 Å². The second-order valence-corrected chi connectivity index (χ2v) is 2.55. The zero-order valence-electron chi connectivity index (χ0n) is 7.74. The molecule has 1 rings (SSSR count). The van der Waals surface area contributed by atoms with E-state index in [-0.39, 0.29) is 5.91 Å². The zero-order chi connectivity index (χ0) is 10.4. The van der Waals surface area contributed by atoms with Crippen LogP contribution in [0.5, 0.6) is 0 Å². The van der Waals surface area contributed by atoms with E-state index in [9.17, 15) is 4.79 Å². The average Bonchev–Trinajstić information content (AvgIpc) is 2.15. The van der Waals surface area contributed by atoms with Crippen molar-refractivity contribution in [1.29, 1.82) is 0 Å². The molecule has 72 valence electrons. The Bertz CT molecular complexity index is 374. The minimum absolute atomic E-state index is 0.109. The van der Waals surface area contributed by atoms with E-state index in [2.05, 4.69) is 27.4 Å². The van der Waals surface area contributed by atoms with Crippen molar-refractivity contribution in [2.45, 2.75) is 6.92 Å². The molecule has 0 aliphatic rings. The Morgan fingerprint density at radius 2 is 2.36 bits per heavy atom. The van der Waals surface area contributed by atoms with E-state index >= 15 is 0 Å². The van der Waals surface area contributed by atoms with Crippen LogP contribution in [-0.2, 0) is 4.79 Å². The number of aromatic nitrogens is 2. The van der Waals surface area contributed by atoms with Gasteiger partial charge in [-0.3, -0.25) is 4.79 Å². The van der Waals surface area contributed by atoms with Gasteiger partial charge in [-0.2, -0.15) is 0 Å². The van der Waals surface area contributed by atoms with Crippen LogP contribution in [0, 0.1) is 11.8 Å². The zero-order valence-corrected chi connectivity index (χ0v) is 7.74. The Morgan fingerprint density at radius 1 is 1.57 bits per heavy atom. The number of nitrogens with two attached hydrogens (primary N) is 1. The third-order valence-corrected chi connectivity index (χ3v) is 1.33. The molecule has 3 N–H and O–H groups in total. The van der Waals surface area contributed by atoms with E-state index in [4.69, 9.17) is 5.73 Å². The number of carbonyl (C=O) groups is 1. The molecule has 0 spiro atoms. The van der Waals surface area contributed by atoms with Crippen molar-refractivity contribution < 1.29 is 4.79 Å². The second-order valence-electron chi connectivity index (χ2n) is 2.55. The monoisotopic (exact) mass is 190 g/mol. The van der Waals surface area contributed by atoms with Crippen molar-refractivity contribution in [2.24, 2.45) is 0 Å². The van der Waals surface area contributed by atoms with E-state index in [0.29, 0.717) is 18.1 Å². The molecule has 0 aliphatic carbocycles. The third kappa shape index (κ3) is 3.54. The fourth-order valence-electron chi connectivity index (χ4n) is 0.713. The lowest BCUT2D eigenvalue weighted by atomic mass is 10.4. The molecule has 0 saturated heterocycles. The van der Waals surface area contributed by atoms with Gasteiger partial charge >= 0.3 is 0 Å². The van der Waals surface area contributed by atoms with Crippen LogP contribution in [-0.4, -0.2) is 22.6 Å². The number of nitrogens with one attached hydrogen (secondary N) is 1. The van der Waals surface area contributed by atoms with Gasteiger partial charge in [0, 0.05) is 6.92 Å². The van der Waals surface area contributed by atoms with Gasteiger partial charge in [0.2, 0.25) is 5.91 Å². The van der Waals surface area contributed by atoms with Crippen LogP contribution in [0.2, 0.25) is 0 Å². The lowest BCUT2D eigenvalue weighted by Gasteiger charge is -1.91. The van der Waals surface area contributed by atoms with Crippen molar-refractivity contribution >= 4 is 11.7 Å². The van der Waals surface area contributed by atoms with Crippen LogP contribution in [0.4, 0.5) is 5.82 Å². The molecule has 0 fully saturated rings. The predicted molar refractivity (Wildman–Crippen MR) is 52.0 cm³/mol. The van der Waals surface area contributed by atoms with E-state index in [0.717, 1.165) is 0 Å². The first-order valence-electron chi connectivity index (χ1n) is 4.01. The molecule has 1 aromatic heterocycles.